The highest BCUT2D eigenvalue weighted by Crippen LogP contribution is 2.35. The molecule has 0 N–H and O–H groups in total. The summed E-state index contributed by atoms with van der Waals surface area (Å²) in [5.74, 6) is -0.619. The van der Waals surface area contributed by atoms with Crippen molar-refractivity contribution >= 4 is 27.6 Å². The molecule has 1 aliphatic carbocycles. The first-order valence-electron chi connectivity index (χ1n) is 12.4. The molecule has 1 aliphatic heterocycles. The largest absolute Gasteiger partial charge is 0.475 e. The van der Waals surface area contributed by atoms with E-state index < -0.39 is 28.0 Å². The number of rotatable bonds is 6. The molecule has 0 saturated heterocycles. The molecule has 1 saturated carbocycles. The number of hydrogen-bond donors (Lipinski definition) is 0. The Labute approximate surface area is 213 Å². The summed E-state index contributed by atoms with van der Waals surface area (Å²) >= 11 is 0. The van der Waals surface area contributed by atoms with Gasteiger partial charge in [-0.2, -0.15) is 4.31 Å². The SMILES string of the molecule is COC(=O)C1CN(C(=O)CN(C2CCCCC2)S(=O)(=O)c2c(C)cc(C)cc2C)c2ccccc2O1. The van der Waals surface area contributed by atoms with E-state index in [1.807, 2.05) is 19.1 Å². The van der Waals surface area contributed by atoms with Crippen LogP contribution in [0.25, 0.3) is 0 Å². The predicted octanol–water partition coefficient (Wildman–Crippen LogP) is 3.90. The lowest BCUT2D eigenvalue weighted by Crippen LogP contribution is -2.52. The van der Waals surface area contributed by atoms with Crippen LogP contribution in [0.5, 0.6) is 5.75 Å². The van der Waals surface area contributed by atoms with Crippen LogP contribution in [-0.2, 0) is 24.3 Å². The van der Waals surface area contributed by atoms with Crippen molar-refractivity contribution in [3.8, 4) is 5.75 Å². The fourth-order valence-electron chi connectivity index (χ4n) is 5.41. The third kappa shape index (κ3) is 5.13. The second-order valence-corrected chi connectivity index (χ2v) is 11.5. The maximum Gasteiger partial charge on any atom is 0.348 e. The van der Waals surface area contributed by atoms with Gasteiger partial charge in [-0.15, -0.1) is 0 Å². The standard InChI is InChI=1S/C27H34N2O6S/c1-18-14-19(2)26(20(3)15-18)36(32,33)29(21-10-6-5-7-11-21)17-25(30)28-16-24(27(31)34-4)35-23-13-9-8-12-22(23)28/h8-9,12-15,21,24H,5-7,10-11,16-17H2,1-4H3. The number of sulfonamides is 1. The number of esters is 1. The summed E-state index contributed by atoms with van der Waals surface area (Å²) in [6, 6.07) is 10.4. The second kappa shape index (κ2) is 10.6. The molecule has 0 bridgehead atoms. The van der Waals surface area contributed by atoms with Gasteiger partial charge in [-0.3, -0.25) is 4.79 Å². The van der Waals surface area contributed by atoms with E-state index in [1.54, 1.807) is 38.1 Å². The molecule has 1 unspecified atom stereocenters. The molecule has 1 atom stereocenters. The molecule has 4 rings (SSSR count). The lowest BCUT2D eigenvalue weighted by molar-refractivity contribution is -0.148. The summed E-state index contributed by atoms with van der Waals surface area (Å²) in [6.45, 7) is 5.16. The highest BCUT2D eigenvalue weighted by atomic mass is 32.2. The van der Waals surface area contributed by atoms with Crippen LogP contribution in [0.2, 0.25) is 0 Å². The number of ether oxygens (including phenoxy) is 2. The van der Waals surface area contributed by atoms with E-state index in [-0.39, 0.29) is 24.0 Å². The minimum atomic E-state index is -3.96. The van der Waals surface area contributed by atoms with E-state index in [0.29, 0.717) is 35.4 Å². The number of carbonyl (C=O) groups excluding carboxylic acids is 2. The number of amides is 1. The molecule has 2 aliphatic rings. The van der Waals surface area contributed by atoms with Gasteiger partial charge in [0, 0.05) is 6.04 Å². The average molecular weight is 515 g/mol. The second-order valence-electron chi connectivity index (χ2n) is 9.67. The first kappa shape index (κ1) is 26.2. The molecule has 0 radical (unpaired) electrons. The van der Waals surface area contributed by atoms with Gasteiger partial charge in [0.1, 0.15) is 5.75 Å². The molecule has 2 aromatic rings. The first-order chi connectivity index (χ1) is 17.1. The fourth-order valence-corrected chi connectivity index (χ4v) is 7.46. The zero-order valence-electron chi connectivity index (χ0n) is 21.3. The Balaban J connectivity index is 1.72. The van der Waals surface area contributed by atoms with Gasteiger partial charge in [-0.25, -0.2) is 13.2 Å². The topological polar surface area (TPSA) is 93.2 Å². The number of carbonyl (C=O) groups is 2. The minimum Gasteiger partial charge on any atom is -0.475 e. The third-order valence-electron chi connectivity index (χ3n) is 6.98. The number of aryl methyl sites for hydroxylation is 3. The zero-order valence-corrected chi connectivity index (χ0v) is 22.1. The molecule has 194 valence electrons. The zero-order chi connectivity index (χ0) is 26.0. The normalized spacial score (nSPS) is 18.5. The van der Waals surface area contributed by atoms with Gasteiger partial charge < -0.3 is 14.4 Å². The van der Waals surface area contributed by atoms with Crippen LogP contribution in [0.4, 0.5) is 5.69 Å². The maximum atomic E-state index is 14.1. The number of methoxy groups -OCH3 is 1. The molecule has 2 aromatic carbocycles. The molecular formula is C27H34N2O6S. The fraction of sp³-hybridized carbons (Fsp3) is 0.481. The molecule has 9 heteroatoms. The van der Waals surface area contributed by atoms with Gasteiger partial charge in [0.25, 0.3) is 0 Å². The maximum absolute atomic E-state index is 14.1. The van der Waals surface area contributed by atoms with Crippen molar-refractivity contribution in [3.63, 3.8) is 0 Å². The average Bonchev–Trinajstić information content (AvgIpc) is 2.85. The smallest absolute Gasteiger partial charge is 0.348 e. The molecule has 1 heterocycles. The summed E-state index contributed by atoms with van der Waals surface area (Å²) in [5, 5.41) is 0. The van der Waals surface area contributed by atoms with Crippen molar-refractivity contribution in [1.29, 1.82) is 0 Å². The van der Waals surface area contributed by atoms with Crippen molar-refractivity contribution in [2.75, 3.05) is 25.1 Å². The van der Waals surface area contributed by atoms with Gasteiger partial charge >= 0.3 is 5.97 Å². The summed E-state index contributed by atoms with van der Waals surface area (Å²) in [5.41, 5.74) is 2.83. The molecule has 36 heavy (non-hydrogen) atoms. The molecule has 8 nitrogen and oxygen atoms in total. The highest BCUT2D eigenvalue weighted by molar-refractivity contribution is 7.89. The first-order valence-corrected chi connectivity index (χ1v) is 13.8. The van der Waals surface area contributed by atoms with Crippen LogP contribution >= 0.6 is 0 Å². The van der Waals surface area contributed by atoms with Crippen LogP contribution in [0.3, 0.4) is 0 Å². The van der Waals surface area contributed by atoms with Gasteiger partial charge in [0.15, 0.2) is 0 Å². The van der Waals surface area contributed by atoms with E-state index in [9.17, 15) is 18.0 Å². The van der Waals surface area contributed by atoms with Crippen LogP contribution in [0.1, 0.15) is 48.8 Å². The van der Waals surface area contributed by atoms with E-state index in [0.717, 1.165) is 24.8 Å². The van der Waals surface area contributed by atoms with Gasteiger partial charge in [0.2, 0.25) is 22.0 Å². The van der Waals surface area contributed by atoms with E-state index in [1.165, 1.54) is 16.3 Å². The number of fused-ring (bicyclic) bond motifs is 1. The van der Waals surface area contributed by atoms with Crippen molar-refractivity contribution in [2.24, 2.45) is 0 Å². The Morgan fingerprint density at radius 2 is 1.69 bits per heavy atom. The number of nitrogens with zero attached hydrogens (tertiary/aromatic N) is 2. The Kier molecular flexibility index (Phi) is 7.70. The predicted molar refractivity (Wildman–Crippen MR) is 137 cm³/mol. The molecule has 1 fully saturated rings. The monoisotopic (exact) mass is 514 g/mol. The summed E-state index contributed by atoms with van der Waals surface area (Å²) < 4.78 is 40.3. The molecule has 0 spiro atoms. The lowest BCUT2D eigenvalue weighted by atomic mass is 9.95. The Morgan fingerprint density at radius 3 is 2.33 bits per heavy atom. The van der Waals surface area contributed by atoms with E-state index >= 15 is 0 Å². The van der Waals surface area contributed by atoms with Crippen molar-refractivity contribution in [2.45, 2.75) is 69.9 Å². The minimum absolute atomic E-state index is 0.0519. The number of para-hydroxylation sites is 2. The number of benzene rings is 2. The Hall–Kier alpha value is -2.91. The lowest BCUT2D eigenvalue weighted by Gasteiger charge is -2.37. The highest BCUT2D eigenvalue weighted by Gasteiger charge is 2.39. The van der Waals surface area contributed by atoms with Gasteiger partial charge in [-0.1, -0.05) is 49.1 Å². The van der Waals surface area contributed by atoms with Crippen LogP contribution in [0.15, 0.2) is 41.3 Å². The van der Waals surface area contributed by atoms with E-state index in [2.05, 4.69) is 0 Å². The van der Waals surface area contributed by atoms with Gasteiger partial charge in [0.05, 0.1) is 30.8 Å². The summed E-state index contributed by atoms with van der Waals surface area (Å²) in [6.07, 6.45) is 3.32. The van der Waals surface area contributed by atoms with Crippen molar-refractivity contribution in [3.05, 3.63) is 53.1 Å². The molecular weight excluding hydrogens is 480 g/mol. The number of hydrogen-bond acceptors (Lipinski definition) is 6. The summed E-state index contributed by atoms with van der Waals surface area (Å²) in [7, 11) is -2.70. The van der Waals surface area contributed by atoms with Crippen LogP contribution in [0, 0.1) is 20.8 Å². The quantitative estimate of drug-likeness (QED) is 0.543. The summed E-state index contributed by atoms with van der Waals surface area (Å²) in [4.78, 5) is 27.8. The van der Waals surface area contributed by atoms with Gasteiger partial charge in [-0.05, 0) is 56.9 Å². The number of anilines is 1. The Bertz CT molecular complexity index is 1230. The molecule has 1 amide bonds. The van der Waals surface area contributed by atoms with Crippen LogP contribution in [-0.4, -0.2) is 56.9 Å². The van der Waals surface area contributed by atoms with E-state index in [4.69, 9.17) is 9.47 Å². The van der Waals surface area contributed by atoms with Crippen molar-refractivity contribution in [1.82, 2.24) is 4.31 Å². The Morgan fingerprint density at radius 1 is 1.06 bits per heavy atom. The van der Waals surface area contributed by atoms with Crippen molar-refractivity contribution < 1.29 is 27.5 Å². The third-order valence-corrected chi connectivity index (χ3v) is 9.19. The van der Waals surface area contributed by atoms with Crippen LogP contribution < -0.4 is 9.64 Å². The molecule has 0 aromatic heterocycles.